The van der Waals surface area contributed by atoms with Crippen LogP contribution in [0.4, 0.5) is 0 Å². The topological polar surface area (TPSA) is 94.2 Å². The average molecular weight is 337 g/mol. The highest BCUT2D eigenvalue weighted by Crippen LogP contribution is 2.28. The van der Waals surface area contributed by atoms with E-state index in [1.165, 1.54) is 0 Å². The van der Waals surface area contributed by atoms with Gasteiger partial charge in [-0.25, -0.2) is 0 Å². The first-order chi connectivity index (χ1) is 11.1. The van der Waals surface area contributed by atoms with Crippen molar-refractivity contribution < 1.29 is 13.9 Å². The highest BCUT2D eigenvalue weighted by atomic mass is 32.1. The van der Waals surface area contributed by atoms with E-state index in [4.69, 9.17) is 9.15 Å². The van der Waals surface area contributed by atoms with Gasteiger partial charge in [-0.15, -0.1) is 15.3 Å². The van der Waals surface area contributed by atoms with Crippen molar-refractivity contribution in [1.29, 1.82) is 0 Å². The largest absolute Gasteiger partial charge is 0.423 e. The number of hydrogen-bond acceptors (Lipinski definition) is 8. The lowest BCUT2D eigenvalue weighted by Crippen LogP contribution is -2.43. The van der Waals surface area contributed by atoms with Crippen LogP contribution >= 0.6 is 11.5 Å². The number of hydrogen-bond donors (Lipinski definition) is 0. The third-order valence-corrected chi connectivity index (χ3v) is 4.47. The van der Waals surface area contributed by atoms with E-state index in [2.05, 4.69) is 19.8 Å². The molecule has 1 fully saturated rings. The van der Waals surface area contributed by atoms with Crippen molar-refractivity contribution in [2.24, 2.45) is 0 Å². The Morgan fingerprint density at radius 1 is 1.39 bits per heavy atom. The molecular formula is C14H19N5O3S. The van der Waals surface area contributed by atoms with E-state index in [9.17, 15) is 4.79 Å². The van der Waals surface area contributed by atoms with Crippen LogP contribution in [0, 0.1) is 0 Å². The SMILES string of the molecule is CCc1nnsc1C(=O)N1CCOC[C@@H]1c1nnc(C(C)C)o1. The number of rotatable bonds is 4. The minimum absolute atomic E-state index is 0.102. The average Bonchev–Trinajstić information content (AvgIpc) is 3.23. The Morgan fingerprint density at radius 3 is 2.91 bits per heavy atom. The van der Waals surface area contributed by atoms with Crippen LogP contribution in [0.1, 0.15) is 59.9 Å². The summed E-state index contributed by atoms with van der Waals surface area (Å²) in [5.74, 6) is 1.01. The molecule has 1 atom stereocenters. The molecule has 2 aromatic rings. The first kappa shape index (κ1) is 16.0. The van der Waals surface area contributed by atoms with Gasteiger partial charge in [0.2, 0.25) is 11.8 Å². The van der Waals surface area contributed by atoms with Gasteiger partial charge in [0.15, 0.2) is 0 Å². The van der Waals surface area contributed by atoms with Gasteiger partial charge in [0.05, 0.1) is 18.9 Å². The minimum Gasteiger partial charge on any atom is -0.423 e. The van der Waals surface area contributed by atoms with Crippen molar-refractivity contribution in [2.75, 3.05) is 19.8 Å². The molecule has 3 rings (SSSR count). The smallest absolute Gasteiger partial charge is 0.268 e. The molecule has 1 amide bonds. The molecule has 3 heterocycles. The Hall–Kier alpha value is -1.87. The fraction of sp³-hybridized carbons (Fsp3) is 0.643. The molecule has 0 bridgehead atoms. The number of carbonyl (C=O) groups is 1. The number of aryl methyl sites for hydroxylation is 1. The number of nitrogens with zero attached hydrogens (tertiary/aromatic N) is 5. The molecule has 9 heteroatoms. The summed E-state index contributed by atoms with van der Waals surface area (Å²) in [7, 11) is 0. The molecule has 0 radical (unpaired) electrons. The standard InChI is InChI=1S/C14H19N5O3S/c1-4-9-11(23-18-15-9)14(20)19-5-6-21-7-10(19)13-17-16-12(22-13)8(2)3/h8,10H,4-7H2,1-3H3/t10-/m1/s1. The third-order valence-electron chi connectivity index (χ3n) is 3.71. The van der Waals surface area contributed by atoms with Crippen LogP contribution in [0.15, 0.2) is 4.42 Å². The Morgan fingerprint density at radius 2 is 2.22 bits per heavy atom. The molecule has 1 aliphatic heterocycles. The third kappa shape index (κ3) is 3.11. The van der Waals surface area contributed by atoms with Crippen LogP contribution in [0.3, 0.4) is 0 Å². The summed E-state index contributed by atoms with van der Waals surface area (Å²) in [6, 6.07) is -0.372. The molecule has 0 unspecified atom stereocenters. The molecule has 0 aromatic carbocycles. The molecule has 8 nitrogen and oxygen atoms in total. The number of ether oxygens (including phenoxy) is 1. The second-order valence-electron chi connectivity index (χ2n) is 5.62. The Balaban J connectivity index is 1.87. The first-order valence-electron chi connectivity index (χ1n) is 7.65. The van der Waals surface area contributed by atoms with Crippen LogP contribution in [-0.4, -0.2) is 50.3 Å². The lowest BCUT2D eigenvalue weighted by molar-refractivity contribution is -0.0105. The van der Waals surface area contributed by atoms with Gasteiger partial charge in [0, 0.05) is 12.5 Å². The quantitative estimate of drug-likeness (QED) is 0.840. The summed E-state index contributed by atoms with van der Waals surface area (Å²) >= 11 is 1.12. The van der Waals surface area contributed by atoms with E-state index in [1.807, 2.05) is 20.8 Å². The van der Waals surface area contributed by atoms with Crippen LogP contribution in [0.2, 0.25) is 0 Å². The van der Waals surface area contributed by atoms with E-state index in [1.54, 1.807) is 4.90 Å². The summed E-state index contributed by atoms with van der Waals surface area (Å²) in [5.41, 5.74) is 0.721. The molecule has 0 N–H and O–H groups in total. The Labute approximate surface area is 138 Å². The number of amides is 1. The van der Waals surface area contributed by atoms with Gasteiger partial charge < -0.3 is 14.1 Å². The summed E-state index contributed by atoms with van der Waals surface area (Å²) in [6.07, 6.45) is 0.671. The van der Waals surface area contributed by atoms with Gasteiger partial charge in [-0.1, -0.05) is 25.3 Å². The van der Waals surface area contributed by atoms with E-state index >= 15 is 0 Å². The summed E-state index contributed by atoms with van der Waals surface area (Å²) in [5, 5.41) is 12.2. The molecule has 0 saturated carbocycles. The van der Waals surface area contributed by atoms with Crippen LogP contribution in [-0.2, 0) is 11.2 Å². The molecule has 1 saturated heterocycles. The zero-order valence-electron chi connectivity index (χ0n) is 13.4. The highest BCUT2D eigenvalue weighted by molar-refractivity contribution is 7.08. The Bertz CT molecular complexity index is 684. The maximum Gasteiger partial charge on any atom is 0.268 e. The molecular weight excluding hydrogens is 318 g/mol. The fourth-order valence-electron chi connectivity index (χ4n) is 2.40. The Kier molecular flexibility index (Phi) is 4.67. The highest BCUT2D eigenvalue weighted by Gasteiger charge is 2.35. The lowest BCUT2D eigenvalue weighted by atomic mass is 10.2. The second-order valence-corrected chi connectivity index (χ2v) is 6.38. The molecule has 0 aliphatic carbocycles. The predicted octanol–water partition coefficient (Wildman–Crippen LogP) is 1.82. The number of carbonyl (C=O) groups excluding carboxylic acids is 1. The fourth-order valence-corrected chi connectivity index (χ4v) is 3.11. The summed E-state index contributed by atoms with van der Waals surface area (Å²) in [4.78, 5) is 15.2. The maximum absolute atomic E-state index is 12.9. The van der Waals surface area contributed by atoms with Crippen molar-refractivity contribution in [3.8, 4) is 0 Å². The second kappa shape index (κ2) is 6.71. The normalized spacial score (nSPS) is 18.6. The van der Waals surface area contributed by atoms with Crippen molar-refractivity contribution in [3.05, 3.63) is 22.4 Å². The first-order valence-corrected chi connectivity index (χ1v) is 8.42. The van der Waals surface area contributed by atoms with Crippen molar-refractivity contribution in [3.63, 3.8) is 0 Å². The molecule has 23 heavy (non-hydrogen) atoms. The predicted molar refractivity (Wildman–Crippen MR) is 82.3 cm³/mol. The summed E-state index contributed by atoms with van der Waals surface area (Å²) in [6.45, 7) is 7.23. The van der Waals surface area contributed by atoms with Gasteiger partial charge in [-0.05, 0) is 18.0 Å². The van der Waals surface area contributed by atoms with Crippen molar-refractivity contribution in [2.45, 2.75) is 39.2 Å². The number of morpholine rings is 1. The van der Waals surface area contributed by atoms with E-state index in [0.717, 1.165) is 17.2 Å². The van der Waals surface area contributed by atoms with Gasteiger partial charge in [-0.2, -0.15) is 0 Å². The van der Waals surface area contributed by atoms with Crippen molar-refractivity contribution in [1.82, 2.24) is 24.7 Å². The molecule has 1 aliphatic rings. The molecule has 124 valence electrons. The molecule has 2 aromatic heterocycles. The van der Waals surface area contributed by atoms with E-state index in [-0.39, 0.29) is 17.9 Å². The van der Waals surface area contributed by atoms with Gasteiger partial charge >= 0.3 is 0 Å². The lowest BCUT2D eigenvalue weighted by Gasteiger charge is -2.33. The zero-order chi connectivity index (χ0) is 16.4. The summed E-state index contributed by atoms with van der Waals surface area (Å²) < 4.78 is 15.1. The van der Waals surface area contributed by atoms with Gasteiger partial charge in [0.25, 0.3) is 5.91 Å². The van der Waals surface area contributed by atoms with Crippen molar-refractivity contribution >= 4 is 17.4 Å². The monoisotopic (exact) mass is 337 g/mol. The van der Waals surface area contributed by atoms with E-state index in [0.29, 0.717) is 42.8 Å². The maximum atomic E-state index is 12.9. The van der Waals surface area contributed by atoms with E-state index < -0.39 is 0 Å². The van der Waals surface area contributed by atoms with Crippen LogP contribution in [0.5, 0.6) is 0 Å². The zero-order valence-corrected chi connectivity index (χ0v) is 14.2. The molecule has 0 spiro atoms. The van der Waals surface area contributed by atoms with Gasteiger partial charge in [0.1, 0.15) is 10.9 Å². The minimum atomic E-state index is -0.372. The van der Waals surface area contributed by atoms with Crippen LogP contribution in [0.25, 0.3) is 0 Å². The van der Waals surface area contributed by atoms with Crippen LogP contribution < -0.4 is 0 Å². The van der Waals surface area contributed by atoms with Gasteiger partial charge in [-0.3, -0.25) is 4.79 Å². The number of aromatic nitrogens is 4.